The van der Waals surface area contributed by atoms with Crippen LogP contribution in [0.5, 0.6) is 0 Å². The van der Waals surface area contributed by atoms with Gasteiger partial charge in [0.15, 0.2) is 0 Å². The van der Waals surface area contributed by atoms with Crippen LogP contribution in [0.4, 0.5) is 0 Å². The van der Waals surface area contributed by atoms with Crippen molar-refractivity contribution in [2.45, 2.75) is 57.9 Å². The highest BCUT2D eigenvalue weighted by atomic mass is 16.5. The predicted molar refractivity (Wildman–Crippen MR) is 47.9 cm³/mol. The fourth-order valence-electron chi connectivity index (χ4n) is 1.43. The third-order valence-corrected chi connectivity index (χ3v) is 2.18. The summed E-state index contributed by atoms with van der Waals surface area (Å²) < 4.78 is 12.8. The first-order chi connectivity index (χ1) is 6.16. The highest BCUT2D eigenvalue weighted by molar-refractivity contribution is 5.71. The van der Waals surface area contributed by atoms with Crippen molar-refractivity contribution in [3.05, 3.63) is 0 Å². The maximum absolute atomic E-state index is 10.8. The minimum absolute atomic E-state index is 0.203. The first kappa shape index (κ1) is 8.09. The average Bonchev–Trinajstić information content (AvgIpc) is 2.41. The Morgan fingerprint density at radius 2 is 2.42 bits per heavy atom. The third kappa shape index (κ3) is 3.24. The van der Waals surface area contributed by atoms with E-state index < -0.39 is 6.08 Å². The Morgan fingerprint density at radius 1 is 1.58 bits per heavy atom. The van der Waals surface area contributed by atoms with Gasteiger partial charge in [-0.05, 0) is 19.3 Å². The van der Waals surface area contributed by atoms with Crippen LogP contribution in [0.15, 0.2) is 0 Å². The molecule has 1 saturated heterocycles. The second-order valence-corrected chi connectivity index (χ2v) is 3.32. The second kappa shape index (κ2) is 5.18. The zero-order chi connectivity index (χ0) is 9.73. The monoisotopic (exact) mass is 171 g/mol. The Kier molecular flexibility index (Phi) is 3.49. The van der Waals surface area contributed by atoms with E-state index in [9.17, 15) is 4.79 Å². The molecule has 0 aromatic heterocycles. The van der Waals surface area contributed by atoms with Crippen LogP contribution in [0.3, 0.4) is 0 Å². The lowest BCUT2D eigenvalue weighted by Crippen LogP contribution is -2.05. The fourth-order valence-corrected chi connectivity index (χ4v) is 1.43. The van der Waals surface area contributed by atoms with Crippen molar-refractivity contribution < 1.29 is 10.9 Å². The second-order valence-electron chi connectivity index (χ2n) is 3.32. The van der Waals surface area contributed by atoms with E-state index in [0.29, 0.717) is 19.3 Å². The predicted octanol–water partition coefficient (Wildman–Crippen LogP) is 2.66. The molecule has 0 amide bonds. The minimum atomic E-state index is -0.884. The molecule has 1 rings (SSSR count). The Bertz CT molecular complexity index is 182. The largest absolute Gasteiger partial charge is 0.462 e. The molecule has 0 spiro atoms. The molecule has 0 aromatic rings. The molecule has 0 N–H and O–H groups in total. The van der Waals surface area contributed by atoms with E-state index in [1.807, 2.05) is 0 Å². The van der Waals surface area contributed by atoms with Gasteiger partial charge in [0.05, 0.1) is 1.37 Å². The van der Waals surface area contributed by atoms with Gasteiger partial charge < -0.3 is 4.74 Å². The maximum Gasteiger partial charge on any atom is 0.306 e. The molecule has 1 aliphatic heterocycles. The topological polar surface area (TPSA) is 26.3 Å². The summed E-state index contributed by atoms with van der Waals surface area (Å²) in [6.07, 6.45) is 5.40. The molecule has 0 bridgehead atoms. The van der Waals surface area contributed by atoms with Crippen LogP contribution in [0.25, 0.3) is 0 Å². The lowest BCUT2D eigenvalue weighted by Gasteiger charge is -2.07. The summed E-state index contributed by atoms with van der Waals surface area (Å²) in [6, 6.07) is 0. The van der Waals surface area contributed by atoms with Crippen LogP contribution >= 0.6 is 0 Å². The molecule has 0 unspecified atom stereocenters. The maximum atomic E-state index is 10.8. The fraction of sp³-hybridized carbons (Fsp3) is 0.900. The standard InChI is InChI=1S/C10H18O2/c1-2-3-4-5-6-9-7-8-10(11)12-9/h9H,2-8H2,1H3/t9-/m1/s1/i9D. The van der Waals surface area contributed by atoms with Crippen molar-refractivity contribution in [2.24, 2.45) is 0 Å². The van der Waals surface area contributed by atoms with Gasteiger partial charge in [-0.3, -0.25) is 4.79 Å². The average molecular weight is 171 g/mol. The molecule has 12 heavy (non-hydrogen) atoms. The van der Waals surface area contributed by atoms with Crippen LogP contribution < -0.4 is 0 Å². The van der Waals surface area contributed by atoms with Gasteiger partial charge in [0.2, 0.25) is 0 Å². The number of unbranched alkanes of at least 4 members (excludes halogenated alkanes) is 3. The molecule has 0 saturated carbocycles. The van der Waals surface area contributed by atoms with Crippen LogP contribution in [0.1, 0.15) is 53.2 Å². The van der Waals surface area contributed by atoms with Crippen LogP contribution in [-0.4, -0.2) is 12.0 Å². The first-order valence-electron chi connectivity index (χ1n) is 5.38. The molecule has 1 fully saturated rings. The Balaban J connectivity index is 2.16. The lowest BCUT2D eigenvalue weighted by molar-refractivity contribution is -0.141. The number of rotatable bonds is 5. The van der Waals surface area contributed by atoms with Crippen molar-refractivity contribution in [1.29, 1.82) is 0 Å². The summed E-state index contributed by atoms with van der Waals surface area (Å²) in [5.41, 5.74) is 0. The first-order valence-corrected chi connectivity index (χ1v) is 4.88. The SMILES string of the molecule is [2H][C@@]1(CCCCCC)CCC(=O)O1. The number of hydrogen-bond acceptors (Lipinski definition) is 2. The zero-order valence-electron chi connectivity index (χ0n) is 8.77. The molecule has 0 aromatic carbocycles. The van der Waals surface area contributed by atoms with Gasteiger partial charge in [0, 0.05) is 6.42 Å². The molecule has 0 aliphatic carbocycles. The molecule has 1 heterocycles. The number of ether oxygens (including phenoxy) is 1. The van der Waals surface area contributed by atoms with E-state index in [-0.39, 0.29) is 5.97 Å². The number of carbonyl (C=O) groups is 1. The lowest BCUT2D eigenvalue weighted by atomic mass is 10.1. The minimum Gasteiger partial charge on any atom is -0.462 e. The van der Waals surface area contributed by atoms with E-state index in [1.165, 1.54) is 12.8 Å². The summed E-state index contributed by atoms with van der Waals surface area (Å²) in [5.74, 6) is -0.203. The summed E-state index contributed by atoms with van der Waals surface area (Å²) in [7, 11) is 0. The summed E-state index contributed by atoms with van der Waals surface area (Å²) >= 11 is 0. The molecule has 2 nitrogen and oxygen atoms in total. The molecular formula is C10H18O2. The quantitative estimate of drug-likeness (QED) is 0.469. The van der Waals surface area contributed by atoms with E-state index >= 15 is 0 Å². The zero-order valence-corrected chi connectivity index (χ0v) is 7.77. The summed E-state index contributed by atoms with van der Waals surface area (Å²) in [6.45, 7) is 2.16. The van der Waals surface area contributed by atoms with Crippen molar-refractivity contribution in [2.75, 3.05) is 0 Å². The van der Waals surface area contributed by atoms with E-state index in [2.05, 4.69) is 6.92 Å². The van der Waals surface area contributed by atoms with Crippen molar-refractivity contribution >= 4 is 5.97 Å². The number of cyclic esters (lactones) is 1. The normalized spacial score (nSPS) is 30.1. The Hall–Kier alpha value is -0.530. The number of esters is 1. The Morgan fingerprint density at radius 3 is 3.00 bits per heavy atom. The Labute approximate surface area is 75.7 Å². The van der Waals surface area contributed by atoms with Gasteiger partial charge in [0.1, 0.15) is 6.08 Å². The molecule has 1 aliphatic rings. The molecule has 70 valence electrons. The molecule has 1 atom stereocenters. The number of carbonyl (C=O) groups excluding carboxylic acids is 1. The van der Waals surface area contributed by atoms with Crippen LogP contribution in [0, 0.1) is 0 Å². The van der Waals surface area contributed by atoms with Crippen LogP contribution in [0.2, 0.25) is 0 Å². The van der Waals surface area contributed by atoms with Gasteiger partial charge >= 0.3 is 5.97 Å². The van der Waals surface area contributed by atoms with Gasteiger partial charge in [-0.1, -0.05) is 26.2 Å². The van der Waals surface area contributed by atoms with Gasteiger partial charge in [-0.15, -0.1) is 0 Å². The van der Waals surface area contributed by atoms with Gasteiger partial charge in [0.25, 0.3) is 0 Å². The molecular weight excluding hydrogens is 152 g/mol. The molecule has 0 radical (unpaired) electrons. The van der Waals surface area contributed by atoms with Crippen molar-refractivity contribution in [3.8, 4) is 0 Å². The third-order valence-electron chi connectivity index (χ3n) is 2.18. The summed E-state index contributed by atoms with van der Waals surface area (Å²) in [5, 5.41) is 0. The van der Waals surface area contributed by atoms with E-state index in [0.717, 1.165) is 12.8 Å². The van der Waals surface area contributed by atoms with E-state index in [4.69, 9.17) is 6.11 Å². The summed E-state index contributed by atoms with van der Waals surface area (Å²) in [4.78, 5) is 10.8. The smallest absolute Gasteiger partial charge is 0.306 e. The van der Waals surface area contributed by atoms with E-state index in [1.54, 1.807) is 0 Å². The van der Waals surface area contributed by atoms with Crippen molar-refractivity contribution in [1.82, 2.24) is 0 Å². The number of hydrogen-bond donors (Lipinski definition) is 0. The van der Waals surface area contributed by atoms with Crippen molar-refractivity contribution in [3.63, 3.8) is 0 Å². The van der Waals surface area contributed by atoms with Gasteiger partial charge in [-0.25, -0.2) is 0 Å². The van der Waals surface area contributed by atoms with Gasteiger partial charge in [-0.2, -0.15) is 0 Å². The van der Waals surface area contributed by atoms with Crippen LogP contribution in [-0.2, 0) is 9.53 Å². The highest BCUT2D eigenvalue weighted by Crippen LogP contribution is 2.19. The highest BCUT2D eigenvalue weighted by Gasteiger charge is 2.22. The molecule has 2 heteroatoms.